The van der Waals surface area contributed by atoms with Gasteiger partial charge in [-0.2, -0.15) is 13.9 Å². The van der Waals surface area contributed by atoms with Gasteiger partial charge in [-0.1, -0.05) is 0 Å². The van der Waals surface area contributed by atoms with Gasteiger partial charge in [0.1, 0.15) is 17.4 Å². The molecule has 1 aliphatic heterocycles. The molecule has 0 aliphatic carbocycles. The van der Waals surface area contributed by atoms with Gasteiger partial charge in [0.25, 0.3) is 0 Å². The molecule has 0 bridgehead atoms. The van der Waals surface area contributed by atoms with Gasteiger partial charge in [0.2, 0.25) is 0 Å². The third kappa shape index (κ3) is 5.25. The number of nitrogens with one attached hydrogen (secondary N) is 1. The van der Waals surface area contributed by atoms with Crippen molar-refractivity contribution in [1.82, 2.24) is 15.2 Å². The number of morpholine rings is 1. The number of aromatic nitrogens is 3. The lowest BCUT2D eigenvalue weighted by molar-refractivity contribution is -0.0499. The summed E-state index contributed by atoms with van der Waals surface area (Å²) in [6.45, 7) is 2.50. The second-order valence-corrected chi connectivity index (χ2v) is 7.54. The predicted molar refractivity (Wildman–Crippen MR) is 114 cm³/mol. The Kier molecular flexibility index (Phi) is 6.40. The third-order valence-corrected chi connectivity index (χ3v) is 4.89. The molecule has 32 heavy (non-hydrogen) atoms. The molecule has 3 aromatic rings. The lowest BCUT2D eigenvalue weighted by Crippen LogP contribution is -2.45. The lowest BCUT2D eigenvalue weighted by Gasteiger charge is -2.36. The van der Waals surface area contributed by atoms with Crippen molar-refractivity contribution in [2.45, 2.75) is 32.7 Å². The van der Waals surface area contributed by atoms with Crippen LogP contribution in [0.5, 0.6) is 5.75 Å². The Labute approximate surface area is 183 Å². The molecule has 7 nitrogen and oxygen atoms in total. The Hall–Kier alpha value is -3.40. The first-order valence-electron chi connectivity index (χ1n) is 10.1. The summed E-state index contributed by atoms with van der Waals surface area (Å²) in [5.74, 6) is 0.249. The Bertz CT molecular complexity index is 1070. The van der Waals surface area contributed by atoms with Crippen LogP contribution in [0.4, 0.5) is 30.5 Å². The summed E-state index contributed by atoms with van der Waals surface area (Å²) < 4.78 is 49.1. The molecular formula is C22H22F3N5O2. The van der Waals surface area contributed by atoms with Crippen molar-refractivity contribution in [2.24, 2.45) is 0 Å². The van der Waals surface area contributed by atoms with Crippen LogP contribution in [0.3, 0.4) is 0 Å². The summed E-state index contributed by atoms with van der Waals surface area (Å²) in [6, 6.07) is 8.86. The van der Waals surface area contributed by atoms with Crippen LogP contribution in [0.2, 0.25) is 0 Å². The summed E-state index contributed by atoms with van der Waals surface area (Å²) in [5.41, 5.74) is 1.37. The van der Waals surface area contributed by atoms with Crippen molar-refractivity contribution in [3.63, 3.8) is 0 Å². The number of rotatable bonds is 6. The van der Waals surface area contributed by atoms with Gasteiger partial charge in [-0.15, -0.1) is 5.10 Å². The molecule has 0 unspecified atom stereocenters. The van der Waals surface area contributed by atoms with Gasteiger partial charge in [-0.05, 0) is 38.1 Å². The van der Waals surface area contributed by atoms with Gasteiger partial charge >= 0.3 is 6.61 Å². The maximum absolute atomic E-state index is 14.4. The maximum atomic E-state index is 14.4. The first kappa shape index (κ1) is 21.8. The first-order chi connectivity index (χ1) is 15.4. The predicted octanol–water partition coefficient (Wildman–Crippen LogP) is 4.64. The van der Waals surface area contributed by atoms with Crippen molar-refractivity contribution in [2.75, 3.05) is 23.3 Å². The molecule has 10 heteroatoms. The molecule has 0 radical (unpaired) electrons. The SMILES string of the molecule is C[C@@H]1CN(c2cc(Nc3cc(-c4ccc(OC(F)F)cc4F)cnn3)ccn2)C[C@H](C)O1. The van der Waals surface area contributed by atoms with E-state index in [2.05, 4.69) is 30.1 Å². The normalized spacial score (nSPS) is 18.6. The Balaban J connectivity index is 1.52. The van der Waals surface area contributed by atoms with Crippen molar-refractivity contribution >= 4 is 17.3 Å². The molecule has 3 heterocycles. The molecule has 1 fully saturated rings. The third-order valence-electron chi connectivity index (χ3n) is 4.89. The number of hydrogen-bond donors (Lipinski definition) is 1. The highest BCUT2D eigenvalue weighted by molar-refractivity contribution is 5.69. The number of anilines is 3. The number of nitrogens with zero attached hydrogens (tertiary/aromatic N) is 4. The summed E-state index contributed by atoms with van der Waals surface area (Å²) in [6.07, 6.45) is 3.30. The monoisotopic (exact) mass is 445 g/mol. The quantitative estimate of drug-likeness (QED) is 0.593. The molecule has 0 saturated carbocycles. The lowest BCUT2D eigenvalue weighted by atomic mass is 10.1. The number of benzene rings is 1. The van der Waals surface area contributed by atoms with E-state index in [4.69, 9.17) is 4.74 Å². The smallest absolute Gasteiger partial charge is 0.387 e. The average Bonchev–Trinajstić information content (AvgIpc) is 2.73. The van der Waals surface area contributed by atoms with E-state index in [0.29, 0.717) is 11.4 Å². The van der Waals surface area contributed by atoms with Crippen molar-refractivity contribution < 1.29 is 22.6 Å². The number of halogens is 3. The molecule has 0 amide bonds. The maximum Gasteiger partial charge on any atom is 0.387 e. The molecule has 2 atom stereocenters. The molecule has 1 aromatic carbocycles. The van der Waals surface area contributed by atoms with Crippen LogP contribution in [0.15, 0.2) is 48.8 Å². The first-order valence-corrected chi connectivity index (χ1v) is 10.1. The van der Waals surface area contributed by atoms with Crippen LogP contribution in [0, 0.1) is 5.82 Å². The number of pyridine rings is 1. The van der Waals surface area contributed by atoms with E-state index in [1.54, 1.807) is 18.3 Å². The zero-order valence-corrected chi connectivity index (χ0v) is 17.5. The largest absolute Gasteiger partial charge is 0.435 e. The summed E-state index contributed by atoms with van der Waals surface area (Å²) in [7, 11) is 0. The Morgan fingerprint density at radius 3 is 2.62 bits per heavy atom. The van der Waals surface area contributed by atoms with Gasteiger partial charge in [0.15, 0.2) is 5.82 Å². The second-order valence-electron chi connectivity index (χ2n) is 7.54. The van der Waals surface area contributed by atoms with Crippen LogP contribution in [0.25, 0.3) is 11.1 Å². The zero-order valence-electron chi connectivity index (χ0n) is 17.5. The standard InChI is InChI=1S/C22H22F3N5O2/c1-13-11-30(12-14(2)31-13)21-8-16(5-6-26-21)28-20-7-15(10-27-29-20)18-4-3-17(9-19(18)23)32-22(24)25/h3-10,13-14,22H,11-12H2,1-2H3,(H,26,28,29)/t13-,14+. The number of ether oxygens (including phenoxy) is 2. The highest BCUT2D eigenvalue weighted by Gasteiger charge is 2.23. The van der Waals surface area contributed by atoms with Crippen LogP contribution in [0.1, 0.15) is 13.8 Å². The van der Waals surface area contributed by atoms with Gasteiger partial charge in [0.05, 0.1) is 18.4 Å². The van der Waals surface area contributed by atoms with Crippen LogP contribution >= 0.6 is 0 Å². The Morgan fingerprint density at radius 2 is 1.91 bits per heavy atom. The fraction of sp³-hybridized carbons (Fsp3) is 0.318. The van der Waals surface area contributed by atoms with E-state index in [1.165, 1.54) is 18.3 Å². The van der Waals surface area contributed by atoms with Gasteiger partial charge in [-0.25, -0.2) is 9.37 Å². The average molecular weight is 445 g/mol. The van der Waals surface area contributed by atoms with Crippen LogP contribution in [-0.4, -0.2) is 47.1 Å². The summed E-state index contributed by atoms with van der Waals surface area (Å²) in [4.78, 5) is 6.62. The van der Waals surface area contributed by atoms with Crippen molar-refractivity contribution in [3.05, 3.63) is 54.6 Å². The fourth-order valence-corrected chi connectivity index (χ4v) is 3.66. The molecule has 1 N–H and O–H groups in total. The fourth-order valence-electron chi connectivity index (χ4n) is 3.66. The van der Waals surface area contributed by atoms with Crippen LogP contribution in [-0.2, 0) is 4.74 Å². The Morgan fingerprint density at radius 1 is 1.12 bits per heavy atom. The molecular weight excluding hydrogens is 423 g/mol. The van der Waals surface area contributed by atoms with E-state index in [0.717, 1.165) is 30.7 Å². The minimum atomic E-state index is -3.02. The minimum Gasteiger partial charge on any atom is -0.435 e. The van der Waals surface area contributed by atoms with E-state index < -0.39 is 12.4 Å². The molecule has 1 saturated heterocycles. The van der Waals surface area contributed by atoms with E-state index in [9.17, 15) is 13.2 Å². The zero-order chi connectivity index (χ0) is 22.7. The minimum absolute atomic E-state index is 0.104. The molecule has 2 aromatic heterocycles. The number of alkyl halides is 2. The van der Waals surface area contributed by atoms with Crippen molar-refractivity contribution in [1.29, 1.82) is 0 Å². The van der Waals surface area contributed by atoms with E-state index >= 15 is 0 Å². The molecule has 1 aliphatic rings. The molecule has 168 valence electrons. The highest BCUT2D eigenvalue weighted by Crippen LogP contribution is 2.29. The topological polar surface area (TPSA) is 72.4 Å². The molecule has 0 spiro atoms. The van der Waals surface area contributed by atoms with Gasteiger partial charge in [-0.3, -0.25) is 0 Å². The molecule has 4 rings (SSSR count). The number of hydrogen-bond acceptors (Lipinski definition) is 7. The summed E-state index contributed by atoms with van der Waals surface area (Å²) in [5, 5.41) is 11.1. The van der Waals surface area contributed by atoms with E-state index in [-0.39, 0.29) is 23.5 Å². The summed E-state index contributed by atoms with van der Waals surface area (Å²) >= 11 is 0. The van der Waals surface area contributed by atoms with Gasteiger partial charge < -0.3 is 19.7 Å². The van der Waals surface area contributed by atoms with E-state index in [1.807, 2.05) is 19.9 Å². The second kappa shape index (κ2) is 9.39. The highest BCUT2D eigenvalue weighted by atomic mass is 19.3. The van der Waals surface area contributed by atoms with Gasteiger partial charge in [0, 0.05) is 48.2 Å². The van der Waals surface area contributed by atoms with Crippen molar-refractivity contribution in [3.8, 4) is 16.9 Å². The van der Waals surface area contributed by atoms with Crippen LogP contribution < -0.4 is 15.0 Å².